The van der Waals surface area contributed by atoms with Crippen LogP contribution < -0.4 is 15.5 Å². The molecular formula is C17H17F2N3O2. The molecule has 0 spiro atoms. The highest BCUT2D eigenvalue weighted by Gasteiger charge is 2.07. The number of rotatable bonds is 6. The first-order chi connectivity index (χ1) is 11.5. The highest BCUT2D eigenvalue weighted by molar-refractivity contribution is 5.99. The second kappa shape index (κ2) is 8.05. The molecule has 0 atom stereocenters. The van der Waals surface area contributed by atoms with E-state index in [4.69, 9.17) is 4.74 Å². The Morgan fingerprint density at radius 3 is 2.62 bits per heavy atom. The van der Waals surface area contributed by atoms with Crippen LogP contribution in [-0.2, 0) is 4.79 Å². The quantitative estimate of drug-likeness (QED) is 0.631. The van der Waals surface area contributed by atoms with Gasteiger partial charge in [0.15, 0.2) is 11.6 Å². The zero-order valence-electron chi connectivity index (χ0n) is 13.3. The Kier molecular flexibility index (Phi) is 5.83. The molecule has 0 aliphatic heterocycles. The standard InChI is InChI=1S/C17H17F2N3O2/c1-11(12-7-8-13(18)14(19)9-12)21-22-17(23)10-20-15-5-3-4-6-16(15)24-2/h3-9,20H,10H2,1-2H3,(H,22,23)/b21-11-. The van der Waals surface area contributed by atoms with E-state index < -0.39 is 11.6 Å². The van der Waals surface area contributed by atoms with Crippen molar-refractivity contribution < 1.29 is 18.3 Å². The highest BCUT2D eigenvalue weighted by Crippen LogP contribution is 2.22. The van der Waals surface area contributed by atoms with Gasteiger partial charge in [-0.1, -0.05) is 12.1 Å². The first-order valence-corrected chi connectivity index (χ1v) is 7.16. The van der Waals surface area contributed by atoms with E-state index in [-0.39, 0.29) is 12.5 Å². The van der Waals surface area contributed by atoms with Gasteiger partial charge in [-0.25, -0.2) is 14.2 Å². The van der Waals surface area contributed by atoms with E-state index in [1.54, 1.807) is 19.1 Å². The Labute approximate surface area is 138 Å². The van der Waals surface area contributed by atoms with Crippen molar-refractivity contribution in [2.45, 2.75) is 6.92 Å². The summed E-state index contributed by atoms with van der Waals surface area (Å²) in [4.78, 5) is 11.8. The molecule has 7 heteroatoms. The van der Waals surface area contributed by atoms with Crippen LogP contribution in [0.1, 0.15) is 12.5 Å². The van der Waals surface area contributed by atoms with Crippen LogP contribution in [0.4, 0.5) is 14.5 Å². The van der Waals surface area contributed by atoms with Crippen molar-refractivity contribution in [1.82, 2.24) is 5.43 Å². The third kappa shape index (κ3) is 4.52. The summed E-state index contributed by atoms with van der Waals surface area (Å²) in [7, 11) is 1.54. The van der Waals surface area contributed by atoms with Gasteiger partial charge in [0.05, 0.1) is 25.1 Å². The lowest BCUT2D eigenvalue weighted by molar-refractivity contribution is -0.119. The SMILES string of the molecule is COc1ccccc1NCC(=O)N/N=C(/C)c1ccc(F)c(F)c1. The van der Waals surface area contributed by atoms with Crippen LogP contribution in [0.2, 0.25) is 0 Å². The minimum atomic E-state index is -0.966. The van der Waals surface area contributed by atoms with Gasteiger partial charge in [-0.3, -0.25) is 4.79 Å². The molecule has 0 unspecified atom stereocenters. The van der Waals surface area contributed by atoms with Gasteiger partial charge in [0.1, 0.15) is 5.75 Å². The summed E-state index contributed by atoms with van der Waals surface area (Å²) in [5, 5.41) is 6.80. The molecule has 0 aromatic heterocycles. The van der Waals surface area contributed by atoms with Crippen LogP contribution in [0.15, 0.2) is 47.6 Å². The minimum Gasteiger partial charge on any atom is -0.495 e. The van der Waals surface area contributed by atoms with Gasteiger partial charge in [0.25, 0.3) is 5.91 Å². The average Bonchev–Trinajstić information content (AvgIpc) is 2.60. The van der Waals surface area contributed by atoms with Crippen LogP contribution >= 0.6 is 0 Å². The molecule has 2 aromatic carbocycles. The highest BCUT2D eigenvalue weighted by atomic mass is 19.2. The number of methoxy groups -OCH3 is 1. The maximum Gasteiger partial charge on any atom is 0.259 e. The number of ether oxygens (including phenoxy) is 1. The Balaban J connectivity index is 1.93. The minimum absolute atomic E-state index is 0.0189. The van der Waals surface area contributed by atoms with Crippen molar-refractivity contribution in [3.8, 4) is 5.75 Å². The lowest BCUT2D eigenvalue weighted by atomic mass is 10.1. The van der Waals surface area contributed by atoms with Gasteiger partial charge < -0.3 is 10.1 Å². The van der Waals surface area contributed by atoms with Crippen LogP contribution in [-0.4, -0.2) is 25.3 Å². The third-order valence-electron chi connectivity index (χ3n) is 3.23. The number of hydrazone groups is 1. The van der Waals surface area contributed by atoms with E-state index in [1.807, 2.05) is 12.1 Å². The van der Waals surface area contributed by atoms with Crippen molar-refractivity contribution in [3.05, 3.63) is 59.7 Å². The first-order valence-electron chi connectivity index (χ1n) is 7.16. The second-order valence-electron chi connectivity index (χ2n) is 4.91. The van der Waals surface area contributed by atoms with Crippen molar-refractivity contribution in [2.75, 3.05) is 19.0 Å². The third-order valence-corrected chi connectivity index (χ3v) is 3.23. The zero-order valence-corrected chi connectivity index (χ0v) is 13.3. The van der Waals surface area contributed by atoms with Crippen molar-refractivity contribution in [2.24, 2.45) is 5.10 Å². The molecule has 0 aliphatic carbocycles. The number of nitrogens with one attached hydrogen (secondary N) is 2. The van der Waals surface area contributed by atoms with E-state index in [0.717, 1.165) is 12.1 Å². The van der Waals surface area contributed by atoms with Crippen molar-refractivity contribution in [3.63, 3.8) is 0 Å². The Hall–Kier alpha value is -2.96. The molecule has 2 N–H and O–H groups in total. The number of para-hydroxylation sites is 2. The van der Waals surface area contributed by atoms with Crippen LogP contribution in [0.5, 0.6) is 5.75 Å². The summed E-state index contributed by atoms with van der Waals surface area (Å²) >= 11 is 0. The molecule has 1 amide bonds. The molecule has 0 aliphatic rings. The van der Waals surface area contributed by atoms with Gasteiger partial charge in [-0.15, -0.1) is 0 Å². The number of carbonyl (C=O) groups excluding carboxylic acids is 1. The Bertz CT molecular complexity index is 763. The number of nitrogens with zero attached hydrogens (tertiary/aromatic N) is 1. The maximum atomic E-state index is 13.2. The van der Waals surface area contributed by atoms with Gasteiger partial charge in [-0.2, -0.15) is 5.10 Å². The molecule has 0 heterocycles. The number of amides is 1. The number of benzene rings is 2. The smallest absolute Gasteiger partial charge is 0.259 e. The lowest BCUT2D eigenvalue weighted by Crippen LogP contribution is -2.26. The van der Waals surface area contributed by atoms with Crippen LogP contribution in [0.25, 0.3) is 0 Å². The molecule has 24 heavy (non-hydrogen) atoms. The second-order valence-corrected chi connectivity index (χ2v) is 4.91. The summed E-state index contributed by atoms with van der Waals surface area (Å²) in [6, 6.07) is 10.6. The summed E-state index contributed by atoms with van der Waals surface area (Å²) < 4.78 is 31.2. The van der Waals surface area contributed by atoms with Gasteiger partial charge in [0.2, 0.25) is 0 Å². The number of anilines is 1. The van der Waals surface area contributed by atoms with Gasteiger partial charge >= 0.3 is 0 Å². The number of carbonyl (C=O) groups is 1. The predicted octanol–water partition coefficient (Wildman–Crippen LogP) is 2.93. The summed E-state index contributed by atoms with van der Waals surface area (Å²) in [5.74, 6) is -1.67. The summed E-state index contributed by atoms with van der Waals surface area (Å²) in [5.41, 5.74) is 3.77. The van der Waals surface area contributed by atoms with E-state index in [9.17, 15) is 13.6 Å². The van der Waals surface area contributed by atoms with E-state index in [1.165, 1.54) is 13.2 Å². The van der Waals surface area contributed by atoms with Crippen LogP contribution in [0, 0.1) is 11.6 Å². The molecule has 0 radical (unpaired) electrons. The fraction of sp³-hybridized carbons (Fsp3) is 0.176. The van der Waals surface area contributed by atoms with Crippen molar-refractivity contribution in [1.29, 1.82) is 0 Å². The fourth-order valence-electron chi connectivity index (χ4n) is 1.94. The molecular weight excluding hydrogens is 316 g/mol. The normalized spacial score (nSPS) is 11.1. The maximum absolute atomic E-state index is 13.2. The number of hydrogen-bond acceptors (Lipinski definition) is 4. The molecule has 5 nitrogen and oxygen atoms in total. The van der Waals surface area contributed by atoms with E-state index in [2.05, 4.69) is 15.8 Å². The molecule has 126 valence electrons. The fourth-order valence-corrected chi connectivity index (χ4v) is 1.94. The monoisotopic (exact) mass is 333 g/mol. The van der Waals surface area contributed by atoms with Crippen molar-refractivity contribution >= 4 is 17.3 Å². The summed E-state index contributed by atoms with van der Waals surface area (Å²) in [6.07, 6.45) is 0. The molecule has 0 fully saturated rings. The molecule has 0 saturated heterocycles. The largest absolute Gasteiger partial charge is 0.495 e. The van der Waals surface area contributed by atoms with E-state index in [0.29, 0.717) is 22.7 Å². The Morgan fingerprint density at radius 2 is 1.92 bits per heavy atom. The van der Waals surface area contributed by atoms with Gasteiger partial charge in [-0.05, 0) is 37.3 Å². The number of halogens is 2. The molecule has 0 bridgehead atoms. The predicted molar refractivity (Wildman–Crippen MR) is 88.2 cm³/mol. The first kappa shape index (κ1) is 17.4. The number of hydrogen-bond donors (Lipinski definition) is 2. The average molecular weight is 333 g/mol. The van der Waals surface area contributed by atoms with Gasteiger partial charge in [0, 0.05) is 5.56 Å². The molecule has 0 saturated carbocycles. The lowest BCUT2D eigenvalue weighted by Gasteiger charge is -2.10. The summed E-state index contributed by atoms with van der Waals surface area (Å²) in [6.45, 7) is 1.57. The topological polar surface area (TPSA) is 62.7 Å². The zero-order chi connectivity index (χ0) is 17.5. The van der Waals surface area contributed by atoms with Crippen LogP contribution in [0.3, 0.4) is 0 Å². The molecule has 2 aromatic rings. The Morgan fingerprint density at radius 1 is 1.17 bits per heavy atom. The molecule has 2 rings (SSSR count). The van der Waals surface area contributed by atoms with E-state index >= 15 is 0 Å².